The van der Waals surface area contributed by atoms with E-state index in [-0.39, 0.29) is 30.7 Å². The number of carbonyl (C=O) groups is 3. The molecule has 0 radical (unpaired) electrons. The number of rotatable bonds is 4. The van der Waals surface area contributed by atoms with Crippen molar-refractivity contribution in [2.75, 3.05) is 46.5 Å². The highest BCUT2D eigenvalue weighted by molar-refractivity contribution is 5.99. The SMILES string of the molecule is CN(CC1(C)CN(C(=O)c2ccc3c(c2)OCCO3)CC(C)(C)C1=O)C(=O)c1ccc2c(c1)CCCO2. The number of likely N-dealkylation sites (tertiary alicyclic amines) is 1. The van der Waals surface area contributed by atoms with E-state index in [1.54, 1.807) is 41.1 Å². The van der Waals surface area contributed by atoms with Gasteiger partial charge in [-0.3, -0.25) is 14.4 Å². The molecule has 0 saturated carbocycles. The summed E-state index contributed by atoms with van der Waals surface area (Å²) in [7, 11) is 1.71. The summed E-state index contributed by atoms with van der Waals surface area (Å²) in [6, 6.07) is 10.7. The Morgan fingerprint density at radius 3 is 2.35 bits per heavy atom. The van der Waals surface area contributed by atoms with Gasteiger partial charge in [0.05, 0.1) is 12.0 Å². The molecular weight excluding hydrogens is 472 g/mol. The van der Waals surface area contributed by atoms with Crippen LogP contribution in [0.4, 0.5) is 0 Å². The molecule has 0 bridgehead atoms. The average molecular weight is 507 g/mol. The molecule has 0 aliphatic carbocycles. The smallest absolute Gasteiger partial charge is 0.254 e. The number of hydrogen-bond donors (Lipinski definition) is 0. The molecule has 2 aromatic rings. The summed E-state index contributed by atoms with van der Waals surface area (Å²) in [5.41, 5.74) is 0.401. The van der Waals surface area contributed by atoms with Crippen molar-refractivity contribution >= 4 is 17.6 Å². The van der Waals surface area contributed by atoms with Gasteiger partial charge in [0.25, 0.3) is 11.8 Å². The van der Waals surface area contributed by atoms with Crippen LogP contribution in [0.25, 0.3) is 0 Å². The standard InChI is InChI=1S/C29H34N2O6/c1-28(2)16-31(26(33)21-8-10-23-24(15-21)37-13-12-36-23)18-29(3,27(28)34)17-30(4)25(32)20-7-9-22-19(14-20)6-5-11-35-22/h7-10,14-15H,5-6,11-13,16-18H2,1-4H3. The minimum Gasteiger partial charge on any atom is -0.493 e. The zero-order valence-electron chi connectivity index (χ0n) is 22.0. The van der Waals surface area contributed by atoms with Gasteiger partial charge in [0.1, 0.15) is 24.7 Å². The van der Waals surface area contributed by atoms with Crippen molar-refractivity contribution in [1.29, 1.82) is 0 Å². The Labute approximate surface area is 217 Å². The van der Waals surface area contributed by atoms with Gasteiger partial charge in [0.2, 0.25) is 0 Å². The van der Waals surface area contributed by atoms with Crippen molar-refractivity contribution in [2.24, 2.45) is 10.8 Å². The number of piperidine rings is 1. The zero-order valence-corrected chi connectivity index (χ0v) is 22.0. The van der Waals surface area contributed by atoms with E-state index >= 15 is 0 Å². The molecule has 1 fully saturated rings. The minimum atomic E-state index is -0.924. The third-order valence-electron chi connectivity index (χ3n) is 7.45. The van der Waals surface area contributed by atoms with E-state index in [0.717, 1.165) is 24.2 Å². The van der Waals surface area contributed by atoms with Gasteiger partial charge in [0.15, 0.2) is 11.5 Å². The molecule has 2 aromatic carbocycles. The monoisotopic (exact) mass is 506 g/mol. The van der Waals surface area contributed by atoms with E-state index in [1.165, 1.54) is 0 Å². The summed E-state index contributed by atoms with van der Waals surface area (Å²) < 4.78 is 16.9. The molecule has 0 spiro atoms. The second-order valence-electron chi connectivity index (χ2n) is 11.2. The first-order valence-corrected chi connectivity index (χ1v) is 12.8. The molecule has 0 N–H and O–H groups in total. The Morgan fingerprint density at radius 1 is 0.892 bits per heavy atom. The van der Waals surface area contributed by atoms with Crippen LogP contribution in [0, 0.1) is 10.8 Å². The molecule has 37 heavy (non-hydrogen) atoms. The van der Waals surface area contributed by atoms with Crippen molar-refractivity contribution in [3.8, 4) is 17.2 Å². The first kappa shape index (κ1) is 25.1. The Bertz CT molecular complexity index is 1250. The molecule has 3 heterocycles. The summed E-state index contributed by atoms with van der Waals surface area (Å²) in [5.74, 6) is 1.71. The van der Waals surface area contributed by atoms with Crippen LogP contribution in [-0.4, -0.2) is 73.9 Å². The fourth-order valence-electron chi connectivity index (χ4n) is 5.85. The van der Waals surface area contributed by atoms with Gasteiger partial charge in [-0.2, -0.15) is 0 Å². The largest absolute Gasteiger partial charge is 0.493 e. The second kappa shape index (κ2) is 9.39. The van der Waals surface area contributed by atoms with Gasteiger partial charge < -0.3 is 24.0 Å². The lowest BCUT2D eigenvalue weighted by Crippen LogP contribution is -2.61. The number of fused-ring (bicyclic) bond motifs is 2. The predicted octanol–water partition coefficient (Wildman–Crippen LogP) is 3.61. The van der Waals surface area contributed by atoms with Crippen molar-refractivity contribution in [3.63, 3.8) is 0 Å². The first-order valence-electron chi connectivity index (χ1n) is 12.8. The van der Waals surface area contributed by atoms with E-state index in [9.17, 15) is 14.4 Å². The molecule has 3 aliphatic rings. The molecule has 8 nitrogen and oxygen atoms in total. The molecular formula is C29H34N2O6. The van der Waals surface area contributed by atoms with Crippen molar-refractivity contribution in [3.05, 3.63) is 53.1 Å². The van der Waals surface area contributed by atoms with Crippen LogP contribution in [0.5, 0.6) is 17.2 Å². The number of benzene rings is 2. The van der Waals surface area contributed by atoms with Crippen molar-refractivity contribution < 1.29 is 28.6 Å². The Kier molecular flexibility index (Phi) is 6.38. The maximum atomic E-state index is 13.6. The molecule has 1 atom stereocenters. The summed E-state index contributed by atoms with van der Waals surface area (Å²) in [6.45, 7) is 7.91. The Morgan fingerprint density at radius 2 is 1.57 bits per heavy atom. The highest BCUT2D eigenvalue weighted by atomic mass is 16.6. The highest BCUT2D eigenvalue weighted by Gasteiger charge is 2.50. The lowest BCUT2D eigenvalue weighted by atomic mass is 9.68. The minimum absolute atomic E-state index is 0.0460. The average Bonchev–Trinajstić information content (AvgIpc) is 2.90. The lowest BCUT2D eigenvalue weighted by Gasteiger charge is -2.48. The molecule has 0 aromatic heterocycles. The number of carbonyl (C=O) groups excluding carboxylic acids is 3. The zero-order chi connectivity index (χ0) is 26.4. The fraction of sp³-hybridized carbons (Fsp3) is 0.483. The Balaban J connectivity index is 1.35. The highest BCUT2D eigenvalue weighted by Crippen LogP contribution is 2.39. The maximum Gasteiger partial charge on any atom is 0.254 e. The second-order valence-corrected chi connectivity index (χ2v) is 11.2. The summed E-state index contributed by atoms with van der Waals surface area (Å²) in [6.07, 6.45) is 1.80. The fourth-order valence-corrected chi connectivity index (χ4v) is 5.85. The lowest BCUT2D eigenvalue weighted by molar-refractivity contribution is -0.143. The first-order chi connectivity index (χ1) is 17.6. The van der Waals surface area contributed by atoms with Crippen LogP contribution in [-0.2, 0) is 11.2 Å². The van der Waals surface area contributed by atoms with Gasteiger partial charge in [-0.15, -0.1) is 0 Å². The third kappa shape index (κ3) is 4.77. The molecule has 196 valence electrons. The van der Waals surface area contributed by atoms with E-state index in [0.29, 0.717) is 49.0 Å². The van der Waals surface area contributed by atoms with E-state index < -0.39 is 10.8 Å². The molecule has 8 heteroatoms. The molecule has 5 rings (SSSR count). The van der Waals surface area contributed by atoms with Crippen LogP contribution in [0.1, 0.15) is 53.5 Å². The summed E-state index contributed by atoms with van der Waals surface area (Å²) in [5, 5.41) is 0. The van der Waals surface area contributed by atoms with E-state index in [2.05, 4.69) is 0 Å². The molecule has 3 aliphatic heterocycles. The number of Topliss-reactive ketones (excluding diaryl/α,β-unsaturated/α-hetero) is 1. The summed E-state index contributed by atoms with van der Waals surface area (Å²) in [4.78, 5) is 43.9. The Hall–Kier alpha value is -3.55. The van der Waals surface area contributed by atoms with Gasteiger partial charge in [-0.25, -0.2) is 0 Å². The van der Waals surface area contributed by atoms with Gasteiger partial charge >= 0.3 is 0 Å². The molecule has 2 amide bonds. The normalized spacial score (nSPS) is 22.1. The number of aryl methyl sites for hydroxylation is 1. The van der Waals surface area contributed by atoms with Crippen molar-refractivity contribution in [1.82, 2.24) is 9.80 Å². The third-order valence-corrected chi connectivity index (χ3v) is 7.45. The van der Waals surface area contributed by atoms with Gasteiger partial charge in [-0.05, 0) is 61.7 Å². The van der Waals surface area contributed by atoms with Crippen molar-refractivity contribution in [2.45, 2.75) is 33.6 Å². The van der Waals surface area contributed by atoms with Crippen LogP contribution in [0.15, 0.2) is 36.4 Å². The van der Waals surface area contributed by atoms with Crippen LogP contribution in [0.2, 0.25) is 0 Å². The van der Waals surface area contributed by atoms with Gasteiger partial charge in [-0.1, -0.05) is 13.8 Å². The summed E-state index contributed by atoms with van der Waals surface area (Å²) >= 11 is 0. The molecule has 1 unspecified atom stereocenters. The topological polar surface area (TPSA) is 85.4 Å². The van der Waals surface area contributed by atoms with Crippen LogP contribution in [0.3, 0.4) is 0 Å². The number of nitrogens with zero attached hydrogens (tertiary/aromatic N) is 2. The molecule has 1 saturated heterocycles. The number of hydrogen-bond acceptors (Lipinski definition) is 6. The maximum absolute atomic E-state index is 13.6. The predicted molar refractivity (Wildman–Crippen MR) is 137 cm³/mol. The van der Waals surface area contributed by atoms with Crippen LogP contribution < -0.4 is 14.2 Å². The van der Waals surface area contributed by atoms with E-state index in [4.69, 9.17) is 14.2 Å². The number of ether oxygens (including phenoxy) is 3. The quantitative estimate of drug-likeness (QED) is 0.630. The van der Waals surface area contributed by atoms with Gasteiger partial charge in [0, 0.05) is 43.2 Å². The number of ketones is 1. The van der Waals surface area contributed by atoms with E-state index in [1.807, 2.05) is 32.9 Å². The number of amides is 2. The van der Waals surface area contributed by atoms with Crippen LogP contribution >= 0.6 is 0 Å².